The maximum atomic E-state index is 12.3. The second-order valence-electron chi connectivity index (χ2n) is 4.77. The molecule has 0 fully saturated rings. The van der Waals surface area contributed by atoms with Gasteiger partial charge in [0.2, 0.25) is 0 Å². The summed E-state index contributed by atoms with van der Waals surface area (Å²) in [5.74, 6) is -0.245. The summed E-state index contributed by atoms with van der Waals surface area (Å²) in [5.41, 5.74) is 1.73. The van der Waals surface area contributed by atoms with Crippen LogP contribution < -0.4 is 5.32 Å². The molecule has 1 amide bonds. The Hall–Kier alpha value is -1.34. The van der Waals surface area contributed by atoms with Gasteiger partial charge in [0.1, 0.15) is 5.58 Å². The molecule has 0 saturated heterocycles. The zero-order chi connectivity index (χ0) is 16.6. The van der Waals surface area contributed by atoms with E-state index in [-0.39, 0.29) is 12.4 Å². The molecular formula is C16H10Br2ClNO3. The Morgan fingerprint density at radius 2 is 2.00 bits per heavy atom. The number of halogens is 3. The Balaban J connectivity index is 1.99. The summed E-state index contributed by atoms with van der Waals surface area (Å²) in [4.78, 5) is 12.3. The van der Waals surface area contributed by atoms with Crippen LogP contribution in [0, 0.1) is 0 Å². The van der Waals surface area contributed by atoms with Crippen molar-refractivity contribution in [2.75, 3.05) is 5.32 Å². The molecule has 3 rings (SSSR count). The number of para-hydroxylation sites is 1. The third-order valence-electron chi connectivity index (χ3n) is 3.31. The quantitative estimate of drug-likeness (QED) is 0.555. The fourth-order valence-corrected chi connectivity index (χ4v) is 3.79. The monoisotopic (exact) mass is 457 g/mol. The Morgan fingerprint density at radius 1 is 1.26 bits per heavy atom. The summed E-state index contributed by atoms with van der Waals surface area (Å²) in [6, 6.07) is 10.3. The fourth-order valence-electron chi connectivity index (χ4n) is 2.16. The molecule has 118 valence electrons. The van der Waals surface area contributed by atoms with E-state index in [1.165, 1.54) is 0 Å². The first kappa shape index (κ1) is 16.5. The highest BCUT2D eigenvalue weighted by Gasteiger charge is 2.18. The van der Waals surface area contributed by atoms with Gasteiger partial charge in [-0.05, 0) is 40.2 Å². The van der Waals surface area contributed by atoms with E-state index in [4.69, 9.17) is 16.0 Å². The number of carbonyl (C=O) groups excluding carboxylic acids is 1. The zero-order valence-corrected chi connectivity index (χ0v) is 15.5. The van der Waals surface area contributed by atoms with E-state index in [2.05, 4.69) is 37.2 Å². The van der Waals surface area contributed by atoms with Crippen molar-refractivity contribution in [3.05, 3.63) is 61.7 Å². The van der Waals surface area contributed by atoms with Crippen molar-refractivity contribution in [3.63, 3.8) is 0 Å². The molecule has 1 aromatic heterocycles. The van der Waals surface area contributed by atoms with Gasteiger partial charge in [0.15, 0.2) is 5.76 Å². The number of nitrogens with one attached hydrogen (secondary N) is 1. The van der Waals surface area contributed by atoms with E-state index in [9.17, 15) is 9.90 Å². The summed E-state index contributed by atoms with van der Waals surface area (Å²) >= 11 is 12.8. The fraction of sp³-hybridized carbons (Fsp3) is 0.0625. The third kappa shape index (κ3) is 3.17. The summed E-state index contributed by atoms with van der Waals surface area (Å²) in [7, 11) is 0. The zero-order valence-electron chi connectivity index (χ0n) is 11.6. The van der Waals surface area contributed by atoms with Crippen molar-refractivity contribution in [1.29, 1.82) is 0 Å². The molecule has 0 aliphatic carbocycles. The minimum Gasteiger partial charge on any atom is -0.451 e. The molecule has 0 bridgehead atoms. The largest absolute Gasteiger partial charge is 0.451 e. The van der Waals surface area contributed by atoms with Crippen molar-refractivity contribution in [2.24, 2.45) is 0 Å². The number of aliphatic hydroxyl groups excluding tert-OH is 1. The molecular weight excluding hydrogens is 449 g/mol. The number of benzene rings is 2. The molecule has 2 N–H and O–H groups in total. The van der Waals surface area contributed by atoms with Crippen LogP contribution in [0.25, 0.3) is 11.0 Å². The number of amides is 1. The smallest absolute Gasteiger partial charge is 0.291 e. The molecule has 1 heterocycles. The molecule has 0 saturated carbocycles. The van der Waals surface area contributed by atoms with Gasteiger partial charge in [-0.2, -0.15) is 0 Å². The topological polar surface area (TPSA) is 62.5 Å². The lowest BCUT2D eigenvalue weighted by atomic mass is 10.1. The van der Waals surface area contributed by atoms with Gasteiger partial charge in [-0.1, -0.05) is 39.7 Å². The van der Waals surface area contributed by atoms with Gasteiger partial charge in [-0.25, -0.2) is 0 Å². The highest BCUT2D eigenvalue weighted by Crippen LogP contribution is 2.35. The predicted octanol–water partition coefficient (Wildman–Crippen LogP) is 5.36. The van der Waals surface area contributed by atoms with Gasteiger partial charge in [0, 0.05) is 19.9 Å². The van der Waals surface area contributed by atoms with E-state index in [1.54, 1.807) is 36.4 Å². The van der Waals surface area contributed by atoms with Crippen LogP contribution in [-0.4, -0.2) is 11.0 Å². The number of furan rings is 1. The summed E-state index contributed by atoms with van der Waals surface area (Å²) in [6.07, 6.45) is 0. The molecule has 2 aromatic carbocycles. The molecule has 0 aliphatic rings. The van der Waals surface area contributed by atoms with Gasteiger partial charge in [0.05, 0.1) is 17.3 Å². The number of rotatable bonds is 3. The highest BCUT2D eigenvalue weighted by atomic mass is 79.9. The molecule has 0 atom stereocenters. The molecule has 0 radical (unpaired) electrons. The Kier molecular flexibility index (Phi) is 4.77. The lowest BCUT2D eigenvalue weighted by Gasteiger charge is -2.04. The van der Waals surface area contributed by atoms with E-state index < -0.39 is 5.91 Å². The second-order valence-corrected chi connectivity index (χ2v) is 6.82. The van der Waals surface area contributed by atoms with Gasteiger partial charge in [-0.15, -0.1) is 0 Å². The predicted molar refractivity (Wildman–Crippen MR) is 96.9 cm³/mol. The van der Waals surface area contributed by atoms with E-state index in [0.29, 0.717) is 36.2 Å². The second kappa shape index (κ2) is 6.65. The first-order chi connectivity index (χ1) is 11.0. The summed E-state index contributed by atoms with van der Waals surface area (Å²) in [6.45, 7) is -0.135. The standard InChI is InChI=1S/C16H10Br2ClNO3/c17-10-6-13-8(15(18)9(10)7-21)5-14(23-13)16(22)20-12-4-2-1-3-11(12)19/h1-6,21H,7H2,(H,20,22). The molecule has 4 nitrogen and oxygen atoms in total. The normalized spacial score (nSPS) is 11.0. The molecule has 0 unspecified atom stereocenters. The lowest BCUT2D eigenvalue weighted by molar-refractivity contribution is 0.0998. The van der Waals surface area contributed by atoms with Crippen LogP contribution in [0.2, 0.25) is 5.02 Å². The van der Waals surface area contributed by atoms with Crippen LogP contribution >= 0.6 is 43.5 Å². The first-order valence-corrected chi connectivity index (χ1v) is 8.55. The summed E-state index contributed by atoms with van der Waals surface area (Å²) < 4.78 is 6.99. The number of carbonyl (C=O) groups is 1. The van der Waals surface area contributed by atoms with Crippen LogP contribution in [-0.2, 0) is 6.61 Å². The van der Waals surface area contributed by atoms with Crippen molar-refractivity contribution in [2.45, 2.75) is 6.61 Å². The number of aliphatic hydroxyl groups is 1. The molecule has 0 aliphatic heterocycles. The number of hydrogen-bond acceptors (Lipinski definition) is 3. The minimum atomic E-state index is -0.400. The van der Waals surface area contributed by atoms with Crippen LogP contribution in [0.5, 0.6) is 0 Å². The maximum absolute atomic E-state index is 12.3. The van der Waals surface area contributed by atoms with Crippen LogP contribution in [0.4, 0.5) is 5.69 Å². The molecule has 23 heavy (non-hydrogen) atoms. The van der Waals surface area contributed by atoms with E-state index >= 15 is 0 Å². The molecule has 3 aromatic rings. The lowest BCUT2D eigenvalue weighted by Crippen LogP contribution is -2.10. The van der Waals surface area contributed by atoms with Gasteiger partial charge < -0.3 is 14.8 Å². The average Bonchev–Trinajstić information content (AvgIpc) is 2.94. The number of fused-ring (bicyclic) bond motifs is 1. The van der Waals surface area contributed by atoms with E-state index in [1.807, 2.05) is 0 Å². The molecule has 7 heteroatoms. The van der Waals surface area contributed by atoms with Crippen molar-refractivity contribution >= 4 is 66.0 Å². The molecule has 0 spiro atoms. The van der Waals surface area contributed by atoms with Crippen LogP contribution in [0.1, 0.15) is 16.1 Å². The van der Waals surface area contributed by atoms with Crippen molar-refractivity contribution in [1.82, 2.24) is 0 Å². The minimum absolute atomic E-state index is 0.135. The van der Waals surface area contributed by atoms with Crippen LogP contribution in [0.3, 0.4) is 0 Å². The Morgan fingerprint density at radius 3 is 2.70 bits per heavy atom. The highest BCUT2D eigenvalue weighted by molar-refractivity contribution is 9.11. The van der Waals surface area contributed by atoms with Crippen molar-refractivity contribution in [3.8, 4) is 0 Å². The number of hydrogen-bond donors (Lipinski definition) is 2. The average molecular weight is 460 g/mol. The Labute approximate surface area is 153 Å². The first-order valence-electron chi connectivity index (χ1n) is 6.58. The van der Waals surface area contributed by atoms with Crippen molar-refractivity contribution < 1.29 is 14.3 Å². The van der Waals surface area contributed by atoms with Gasteiger partial charge in [-0.3, -0.25) is 4.79 Å². The number of anilines is 1. The summed E-state index contributed by atoms with van der Waals surface area (Å²) in [5, 5.41) is 13.3. The third-order valence-corrected chi connectivity index (χ3v) is 5.26. The Bertz CT molecular complexity index is 908. The van der Waals surface area contributed by atoms with Gasteiger partial charge in [0.25, 0.3) is 5.91 Å². The SMILES string of the molecule is O=C(Nc1ccccc1Cl)c1cc2c(Br)c(CO)c(Br)cc2o1. The van der Waals surface area contributed by atoms with Gasteiger partial charge >= 0.3 is 0 Å². The maximum Gasteiger partial charge on any atom is 0.291 e. The van der Waals surface area contributed by atoms with E-state index in [0.717, 1.165) is 0 Å². The van der Waals surface area contributed by atoms with Crippen LogP contribution in [0.15, 0.2) is 49.8 Å².